The highest BCUT2D eigenvalue weighted by molar-refractivity contribution is 6.31. The van der Waals surface area contributed by atoms with E-state index in [9.17, 15) is 4.79 Å². The summed E-state index contributed by atoms with van der Waals surface area (Å²) in [7, 11) is 1.66. The lowest BCUT2D eigenvalue weighted by Crippen LogP contribution is -2.12. The second-order valence-electron chi connectivity index (χ2n) is 5.24. The molecule has 1 amide bonds. The smallest absolute Gasteiger partial charge is 0.217 e. The minimum atomic E-state index is -0.309. The summed E-state index contributed by atoms with van der Waals surface area (Å²) in [5, 5.41) is 0.695. The van der Waals surface area contributed by atoms with E-state index in [2.05, 4.69) is 6.92 Å². The lowest BCUT2D eigenvalue weighted by atomic mass is 9.87. The summed E-state index contributed by atoms with van der Waals surface area (Å²) in [6.07, 6.45) is 0.900. The third-order valence-electron chi connectivity index (χ3n) is 3.82. The highest BCUT2D eigenvalue weighted by Crippen LogP contribution is 2.37. The maximum absolute atomic E-state index is 11.1. The van der Waals surface area contributed by atoms with Gasteiger partial charge in [-0.2, -0.15) is 0 Å². The molecule has 3 nitrogen and oxygen atoms in total. The molecular weight excluding hydrogens is 298 g/mol. The number of carbonyl (C=O) groups is 1. The molecule has 0 saturated heterocycles. The zero-order valence-corrected chi connectivity index (χ0v) is 13.6. The van der Waals surface area contributed by atoms with E-state index in [1.165, 1.54) is 0 Å². The number of rotatable bonds is 6. The van der Waals surface area contributed by atoms with Crippen molar-refractivity contribution in [2.75, 3.05) is 7.11 Å². The predicted molar refractivity (Wildman–Crippen MR) is 89.5 cm³/mol. The summed E-state index contributed by atoms with van der Waals surface area (Å²) in [5.74, 6) is 0.583. The van der Waals surface area contributed by atoms with E-state index in [1.807, 2.05) is 42.5 Å². The van der Waals surface area contributed by atoms with Crippen LogP contribution in [0.25, 0.3) is 0 Å². The number of nitrogens with two attached hydrogens (primary N) is 1. The Kier molecular flexibility index (Phi) is 5.45. The van der Waals surface area contributed by atoms with Gasteiger partial charge in [-0.3, -0.25) is 4.79 Å². The Morgan fingerprint density at radius 2 is 1.95 bits per heavy atom. The van der Waals surface area contributed by atoms with Gasteiger partial charge in [0.05, 0.1) is 7.11 Å². The average Bonchev–Trinajstić information content (AvgIpc) is 2.52. The van der Waals surface area contributed by atoms with Gasteiger partial charge in [-0.05, 0) is 29.7 Å². The van der Waals surface area contributed by atoms with Crippen LogP contribution in [0.1, 0.15) is 36.0 Å². The number of hydrogen-bond donors (Lipinski definition) is 1. The minimum Gasteiger partial charge on any atom is -0.496 e. The molecule has 2 rings (SSSR count). The Morgan fingerprint density at radius 3 is 2.64 bits per heavy atom. The molecule has 2 aromatic carbocycles. The Labute approximate surface area is 136 Å². The average molecular weight is 318 g/mol. The van der Waals surface area contributed by atoms with Crippen molar-refractivity contribution in [1.29, 1.82) is 0 Å². The molecule has 0 heterocycles. The van der Waals surface area contributed by atoms with Crippen molar-refractivity contribution in [2.24, 2.45) is 5.73 Å². The van der Waals surface area contributed by atoms with Crippen molar-refractivity contribution >= 4 is 17.5 Å². The predicted octanol–water partition coefficient (Wildman–Crippen LogP) is 3.92. The number of amides is 1. The summed E-state index contributed by atoms with van der Waals surface area (Å²) < 4.78 is 5.45. The third-order valence-corrected chi connectivity index (χ3v) is 4.15. The van der Waals surface area contributed by atoms with Gasteiger partial charge in [-0.25, -0.2) is 0 Å². The van der Waals surface area contributed by atoms with Gasteiger partial charge in [-0.1, -0.05) is 48.9 Å². The maximum Gasteiger partial charge on any atom is 0.217 e. The number of para-hydroxylation sites is 1. The number of carbonyl (C=O) groups excluding carboxylic acids is 1. The summed E-state index contributed by atoms with van der Waals surface area (Å²) in [6, 6.07) is 13.7. The van der Waals surface area contributed by atoms with Gasteiger partial charge >= 0.3 is 0 Å². The normalized spacial score (nSPS) is 12.0. The number of aryl methyl sites for hydroxylation is 1. The van der Waals surface area contributed by atoms with Crippen LogP contribution in [0.2, 0.25) is 5.02 Å². The molecular formula is C18H20ClNO2. The summed E-state index contributed by atoms with van der Waals surface area (Å²) in [5.41, 5.74) is 8.41. The van der Waals surface area contributed by atoms with Gasteiger partial charge in [0.15, 0.2) is 0 Å². The minimum absolute atomic E-state index is 0.0627. The van der Waals surface area contributed by atoms with Crippen molar-refractivity contribution in [3.8, 4) is 5.75 Å². The topological polar surface area (TPSA) is 52.3 Å². The van der Waals surface area contributed by atoms with Crippen LogP contribution < -0.4 is 10.5 Å². The fraction of sp³-hybridized carbons (Fsp3) is 0.278. The molecule has 22 heavy (non-hydrogen) atoms. The Morgan fingerprint density at radius 1 is 1.23 bits per heavy atom. The second-order valence-corrected chi connectivity index (χ2v) is 5.65. The van der Waals surface area contributed by atoms with Crippen LogP contribution in [0.5, 0.6) is 5.75 Å². The highest BCUT2D eigenvalue weighted by atomic mass is 35.5. The molecule has 0 fully saturated rings. The summed E-state index contributed by atoms with van der Waals surface area (Å²) in [4.78, 5) is 11.1. The number of benzene rings is 2. The van der Waals surface area contributed by atoms with Crippen molar-refractivity contribution in [2.45, 2.75) is 25.7 Å². The highest BCUT2D eigenvalue weighted by Gasteiger charge is 2.19. The van der Waals surface area contributed by atoms with E-state index in [-0.39, 0.29) is 11.8 Å². The molecule has 116 valence electrons. The number of primary amides is 1. The van der Waals surface area contributed by atoms with Gasteiger partial charge in [0.2, 0.25) is 5.91 Å². The Bertz CT molecular complexity index is 670. The SMILES string of the molecule is COc1ccccc1C(C)c1c(Cl)cccc1CCC(N)=O. The van der Waals surface area contributed by atoms with Crippen molar-refractivity contribution in [1.82, 2.24) is 0 Å². The number of methoxy groups -OCH3 is 1. The molecule has 2 aromatic rings. The van der Waals surface area contributed by atoms with Gasteiger partial charge in [0, 0.05) is 22.9 Å². The lowest BCUT2D eigenvalue weighted by Gasteiger charge is -2.20. The van der Waals surface area contributed by atoms with Gasteiger partial charge in [0.25, 0.3) is 0 Å². The van der Waals surface area contributed by atoms with Crippen LogP contribution in [0.15, 0.2) is 42.5 Å². The van der Waals surface area contributed by atoms with E-state index in [0.29, 0.717) is 17.9 Å². The molecule has 0 aliphatic heterocycles. The molecule has 0 aromatic heterocycles. The largest absolute Gasteiger partial charge is 0.496 e. The molecule has 0 radical (unpaired) electrons. The Hall–Kier alpha value is -2.00. The van der Waals surface area contributed by atoms with Crippen molar-refractivity contribution < 1.29 is 9.53 Å². The first kappa shape index (κ1) is 16.4. The number of halogens is 1. The quantitative estimate of drug-likeness (QED) is 0.878. The lowest BCUT2D eigenvalue weighted by molar-refractivity contribution is -0.117. The van der Waals surface area contributed by atoms with Crippen LogP contribution in [0.4, 0.5) is 0 Å². The molecule has 0 saturated carbocycles. The van der Waals surface area contributed by atoms with E-state index < -0.39 is 0 Å². The third kappa shape index (κ3) is 3.60. The van der Waals surface area contributed by atoms with E-state index in [4.69, 9.17) is 22.1 Å². The fourth-order valence-corrected chi connectivity index (χ4v) is 3.08. The second kappa shape index (κ2) is 7.32. The molecule has 4 heteroatoms. The Balaban J connectivity index is 2.44. The molecule has 0 spiro atoms. The first-order valence-electron chi connectivity index (χ1n) is 7.23. The number of hydrogen-bond acceptors (Lipinski definition) is 2. The van der Waals surface area contributed by atoms with Gasteiger partial charge in [0.1, 0.15) is 5.75 Å². The van der Waals surface area contributed by atoms with Crippen molar-refractivity contribution in [3.05, 3.63) is 64.2 Å². The fourth-order valence-electron chi connectivity index (χ4n) is 2.72. The van der Waals surface area contributed by atoms with Crippen LogP contribution in [-0.4, -0.2) is 13.0 Å². The van der Waals surface area contributed by atoms with Crippen LogP contribution in [0.3, 0.4) is 0 Å². The van der Waals surface area contributed by atoms with E-state index in [1.54, 1.807) is 7.11 Å². The van der Waals surface area contributed by atoms with Crippen LogP contribution >= 0.6 is 11.6 Å². The van der Waals surface area contributed by atoms with E-state index in [0.717, 1.165) is 22.4 Å². The molecule has 0 aliphatic carbocycles. The monoisotopic (exact) mass is 317 g/mol. The molecule has 2 N–H and O–H groups in total. The number of ether oxygens (including phenoxy) is 1. The molecule has 1 unspecified atom stereocenters. The maximum atomic E-state index is 11.1. The molecule has 1 atom stereocenters. The molecule has 0 aliphatic rings. The van der Waals surface area contributed by atoms with Crippen LogP contribution in [0, 0.1) is 0 Å². The zero-order chi connectivity index (χ0) is 16.1. The van der Waals surface area contributed by atoms with Crippen molar-refractivity contribution in [3.63, 3.8) is 0 Å². The van der Waals surface area contributed by atoms with Crippen LogP contribution in [-0.2, 0) is 11.2 Å². The zero-order valence-electron chi connectivity index (χ0n) is 12.8. The standard InChI is InChI=1S/C18H20ClNO2/c1-12(14-7-3-4-9-16(14)22-2)18-13(10-11-17(20)21)6-5-8-15(18)19/h3-9,12H,10-11H2,1-2H3,(H2,20,21). The van der Waals surface area contributed by atoms with E-state index >= 15 is 0 Å². The summed E-state index contributed by atoms with van der Waals surface area (Å²) >= 11 is 6.43. The first-order valence-corrected chi connectivity index (χ1v) is 7.61. The van der Waals surface area contributed by atoms with Gasteiger partial charge in [-0.15, -0.1) is 0 Å². The first-order chi connectivity index (χ1) is 10.5. The summed E-state index contributed by atoms with van der Waals surface area (Å²) in [6.45, 7) is 2.09. The molecule has 0 bridgehead atoms. The van der Waals surface area contributed by atoms with Gasteiger partial charge < -0.3 is 10.5 Å².